The van der Waals surface area contributed by atoms with Gasteiger partial charge in [0.25, 0.3) is 0 Å². The lowest BCUT2D eigenvalue weighted by atomic mass is 10.0. The summed E-state index contributed by atoms with van der Waals surface area (Å²) in [4.78, 5) is 0. The van der Waals surface area contributed by atoms with E-state index in [1.54, 1.807) is 7.11 Å². The van der Waals surface area contributed by atoms with E-state index < -0.39 is 0 Å². The van der Waals surface area contributed by atoms with Gasteiger partial charge in [0.2, 0.25) is 0 Å². The van der Waals surface area contributed by atoms with Crippen LogP contribution >= 0.6 is 0 Å². The minimum absolute atomic E-state index is 0.353. The number of hydrogen-bond acceptors (Lipinski definition) is 2. The second-order valence-corrected chi connectivity index (χ2v) is 5.91. The second-order valence-electron chi connectivity index (χ2n) is 5.91. The minimum Gasteiger partial charge on any atom is -0.497 e. The number of nitrogens with two attached hydrogens (primary N) is 1. The molecule has 0 spiro atoms. The molecule has 1 aromatic rings. The third-order valence-electron chi connectivity index (χ3n) is 4.85. The van der Waals surface area contributed by atoms with E-state index in [9.17, 15) is 0 Å². The Bertz CT molecular complexity index is 388. The SMILES string of the molecule is COc1ccc(CC(N)C2C3CCCCC32)cc1. The molecule has 98 valence electrons. The third-order valence-corrected chi connectivity index (χ3v) is 4.85. The van der Waals surface area contributed by atoms with E-state index in [0.717, 1.165) is 29.9 Å². The van der Waals surface area contributed by atoms with Gasteiger partial charge in [-0.15, -0.1) is 0 Å². The number of hydrogen-bond donors (Lipinski definition) is 1. The predicted molar refractivity (Wildman–Crippen MR) is 73.6 cm³/mol. The van der Waals surface area contributed by atoms with Crippen LogP contribution in [0.1, 0.15) is 31.2 Å². The fourth-order valence-corrected chi connectivity index (χ4v) is 3.85. The number of benzene rings is 1. The summed E-state index contributed by atoms with van der Waals surface area (Å²) >= 11 is 0. The molecule has 0 saturated heterocycles. The van der Waals surface area contributed by atoms with E-state index in [1.165, 1.54) is 31.2 Å². The van der Waals surface area contributed by atoms with Crippen LogP contribution in [-0.2, 0) is 6.42 Å². The largest absolute Gasteiger partial charge is 0.497 e. The van der Waals surface area contributed by atoms with Crippen LogP contribution in [0.3, 0.4) is 0 Å². The predicted octanol–water partition coefficient (Wildman–Crippen LogP) is 3.00. The Balaban J connectivity index is 1.58. The first-order valence-corrected chi connectivity index (χ1v) is 7.18. The molecule has 2 fully saturated rings. The molecule has 0 heterocycles. The molecule has 3 unspecified atom stereocenters. The van der Waals surface area contributed by atoms with Crippen LogP contribution < -0.4 is 10.5 Å². The van der Waals surface area contributed by atoms with Crippen molar-refractivity contribution in [1.82, 2.24) is 0 Å². The molecule has 3 rings (SSSR count). The minimum atomic E-state index is 0.353. The zero-order chi connectivity index (χ0) is 12.5. The second kappa shape index (κ2) is 4.93. The van der Waals surface area contributed by atoms with E-state index >= 15 is 0 Å². The topological polar surface area (TPSA) is 35.2 Å². The van der Waals surface area contributed by atoms with E-state index in [1.807, 2.05) is 12.1 Å². The highest BCUT2D eigenvalue weighted by atomic mass is 16.5. The van der Waals surface area contributed by atoms with Gasteiger partial charge in [0.1, 0.15) is 5.75 Å². The first-order chi connectivity index (χ1) is 8.79. The standard InChI is InChI=1S/C16H23NO/c1-18-12-8-6-11(7-9-12)10-15(17)16-13-4-2-3-5-14(13)16/h6-9,13-16H,2-5,10,17H2,1H3. The lowest BCUT2D eigenvalue weighted by molar-refractivity contribution is 0.414. The molecule has 2 aliphatic carbocycles. The normalized spacial score (nSPS) is 31.6. The lowest BCUT2D eigenvalue weighted by Crippen LogP contribution is -2.26. The van der Waals surface area contributed by atoms with Gasteiger partial charge in [-0.05, 0) is 54.7 Å². The van der Waals surface area contributed by atoms with Crippen LogP contribution in [0.25, 0.3) is 0 Å². The van der Waals surface area contributed by atoms with Crippen LogP contribution in [0.2, 0.25) is 0 Å². The first kappa shape index (κ1) is 12.0. The summed E-state index contributed by atoms with van der Waals surface area (Å²) in [5.74, 6) is 3.63. The lowest BCUT2D eigenvalue weighted by Gasteiger charge is -2.12. The van der Waals surface area contributed by atoms with E-state index in [-0.39, 0.29) is 0 Å². The molecule has 2 saturated carbocycles. The maximum absolute atomic E-state index is 6.41. The van der Waals surface area contributed by atoms with Crippen LogP contribution in [0, 0.1) is 17.8 Å². The van der Waals surface area contributed by atoms with Crippen LogP contribution in [0.4, 0.5) is 0 Å². The summed E-state index contributed by atoms with van der Waals surface area (Å²) in [7, 11) is 1.70. The monoisotopic (exact) mass is 245 g/mol. The van der Waals surface area contributed by atoms with Gasteiger partial charge in [-0.2, -0.15) is 0 Å². The molecule has 0 aromatic heterocycles. The fourth-order valence-electron chi connectivity index (χ4n) is 3.85. The molecular weight excluding hydrogens is 222 g/mol. The molecule has 0 bridgehead atoms. The molecule has 3 atom stereocenters. The molecule has 2 nitrogen and oxygen atoms in total. The molecule has 0 amide bonds. The molecule has 2 aliphatic rings. The van der Waals surface area contributed by atoms with Crippen molar-refractivity contribution >= 4 is 0 Å². The average molecular weight is 245 g/mol. The summed E-state index contributed by atoms with van der Waals surface area (Å²) in [6.07, 6.45) is 6.71. The Labute approximate surface area is 110 Å². The number of ether oxygens (including phenoxy) is 1. The Morgan fingerprint density at radius 1 is 1.17 bits per heavy atom. The zero-order valence-electron chi connectivity index (χ0n) is 11.1. The van der Waals surface area contributed by atoms with Gasteiger partial charge in [-0.25, -0.2) is 0 Å². The van der Waals surface area contributed by atoms with Gasteiger partial charge in [-0.1, -0.05) is 25.0 Å². The van der Waals surface area contributed by atoms with Crippen molar-refractivity contribution in [3.8, 4) is 5.75 Å². The van der Waals surface area contributed by atoms with Crippen molar-refractivity contribution < 1.29 is 4.74 Å². The zero-order valence-corrected chi connectivity index (χ0v) is 11.1. The molecule has 0 radical (unpaired) electrons. The van der Waals surface area contributed by atoms with Crippen molar-refractivity contribution in [2.24, 2.45) is 23.5 Å². The van der Waals surface area contributed by atoms with Gasteiger partial charge in [0.15, 0.2) is 0 Å². The molecule has 1 aromatic carbocycles. The van der Waals surface area contributed by atoms with Gasteiger partial charge in [-0.3, -0.25) is 0 Å². The van der Waals surface area contributed by atoms with Crippen molar-refractivity contribution in [2.75, 3.05) is 7.11 Å². The molecule has 18 heavy (non-hydrogen) atoms. The Hall–Kier alpha value is -1.02. The van der Waals surface area contributed by atoms with Gasteiger partial charge < -0.3 is 10.5 Å². The maximum atomic E-state index is 6.41. The van der Waals surface area contributed by atoms with Crippen molar-refractivity contribution in [3.05, 3.63) is 29.8 Å². The number of rotatable bonds is 4. The van der Waals surface area contributed by atoms with Crippen LogP contribution in [0.15, 0.2) is 24.3 Å². The fraction of sp³-hybridized carbons (Fsp3) is 0.625. The number of fused-ring (bicyclic) bond motifs is 1. The van der Waals surface area contributed by atoms with Crippen molar-refractivity contribution in [1.29, 1.82) is 0 Å². The highest BCUT2D eigenvalue weighted by Crippen LogP contribution is 2.56. The number of methoxy groups -OCH3 is 1. The van der Waals surface area contributed by atoms with Crippen molar-refractivity contribution in [2.45, 2.75) is 38.1 Å². The molecule has 2 N–H and O–H groups in total. The maximum Gasteiger partial charge on any atom is 0.118 e. The smallest absolute Gasteiger partial charge is 0.118 e. The van der Waals surface area contributed by atoms with E-state index in [0.29, 0.717) is 6.04 Å². The third kappa shape index (κ3) is 2.26. The first-order valence-electron chi connectivity index (χ1n) is 7.18. The summed E-state index contributed by atoms with van der Waals surface area (Å²) in [5.41, 5.74) is 7.75. The summed E-state index contributed by atoms with van der Waals surface area (Å²) in [6, 6.07) is 8.70. The van der Waals surface area contributed by atoms with Crippen LogP contribution in [0.5, 0.6) is 5.75 Å². The highest BCUT2D eigenvalue weighted by molar-refractivity contribution is 5.28. The summed E-state index contributed by atoms with van der Waals surface area (Å²) < 4.78 is 5.18. The molecule has 0 aliphatic heterocycles. The van der Waals surface area contributed by atoms with Gasteiger partial charge >= 0.3 is 0 Å². The average Bonchev–Trinajstić information content (AvgIpc) is 3.14. The van der Waals surface area contributed by atoms with Crippen molar-refractivity contribution in [3.63, 3.8) is 0 Å². The molecule has 2 heteroatoms. The van der Waals surface area contributed by atoms with E-state index in [4.69, 9.17) is 10.5 Å². The Kier molecular flexibility index (Phi) is 3.29. The quantitative estimate of drug-likeness (QED) is 0.885. The Morgan fingerprint density at radius 3 is 2.33 bits per heavy atom. The highest BCUT2D eigenvalue weighted by Gasteiger charge is 2.52. The molecular formula is C16H23NO. The van der Waals surface area contributed by atoms with Crippen LogP contribution in [-0.4, -0.2) is 13.2 Å². The van der Waals surface area contributed by atoms with Gasteiger partial charge in [0, 0.05) is 6.04 Å². The van der Waals surface area contributed by atoms with E-state index in [2.05, 4.69) is 12.1 Å². The van der Waals surface area contributed by atoms with Gasteiger partial charge in [0.05, 0.1) is 7.11 Å². The summed E-state index contributed by atoms with van der Waals surface area (Å²) in [6.45, 7) is 0. The Morgan fingerprint density at radius 2 is 1.78 bits per heavy atom. The summed E-state index contributed by atoms with van der Waals surface area (Å²) in [5, 5.41) is 0.